The summed E-state index contributed by atoms with van der Waals surface area (Å²) in [4.78, 5) is 11.7. The van der Waals surface area contributed by atoms with Gasteiger partial charge in [-0.25, -0.2) is 20.2 Å². The van der Waals surface area contributed by atoms with Crippen molar-refractivity contribution in [2.24, 2.45) is 21.7 Å². The maximum atomic E-state index is 14.5. The Morgan fingerprint density at radius 3 is 2.42 bits per heavy atom. The SMILES string of the molecule is C=C/C(=N\N(N)c1ccc(Nc2cc(N(C)C)cc(C(F)(F)F)c2)cn1)C(=C)/N=C(\C(F)=C/N)N1CCOCC1. The van der Waals surface area contributed by atoms with E-state index in [-0.39, 0.29) is 28.7 Å². The molecule has 0 amide bonds. The summed E-state index contributed by atoms with van der Waals surface area (Å²) in [5.41, 5.74) is 5.83. The number of hydrogen-bond donors (Lipinski definition) is 3. The first-order valence-corrected chi connectivity index (χ1v) is 12.0. The van der Waals surface area contributed by atoms with E-state index in [1.807, 2.05) is 0 Å². The first-order chi connectivity index (χ1) is 18.9. The van der Waals surface area contributed by atoms with Crippen LogP contribution < -0.4 is 26.9 Å². The van der Waals surface area contributed by atoms with Crippen molar-refractivity contribution < 1.29 is 22.3 Å². The van der Waals surface area contributed by atoms with Crippen molar-refractivity contribution in [1.29, 1.82) is 0 Å². The highest BCUT2D eigenvalue weighted by molar-refractivity contribution is 6.10. The van der Waals surface area contributed by atoms with E-state index in [0.29, 0.717) is 37.7 Å². The van der Waals surface area contributed by atoms with Crippen molar-refractivity contribution in [3.63, 3.8) is 0 Å². The Bertz CT molecular complexity index is 1300. The van der Waals surface area contributed by atoms with E-state index in [0.717, 1.165) is 23.5 Å². The molecule has 14 heteroatoms. The minimum atomic E-state index is -4.51. The van der Waals surface area contributed by atoms with Gasteiger partial charge in [0, 0.05) is 44.8 Å². The van der Waals surface area contributed by atoms with Gasteiger partial charge < -0.3 is 25.6 Å². The molecule has 1 aliphatic heterocycles. The third-order valence-electron chi connectivity index (χ3n) is 5.65. The first-order valence-electron chi connectivity index (χ1n) is 12.0. The monoisotopic (exact) mass is 561 g/mol. The fourth-order valence-electron chi connectivity index (χ4n) is 3.56. The van der Waals surface area contributed by atoms with E-state index in [2.05, 4.69) is 33.6 Å². The van der Waals surface area contributed by atoms with Gasteiger partial charge in [-0.2, -0.15) is 23.4 Å². The molecule has 0 radical (unpaired) electrons. The molecule has 1 saturated heterocycles. The topological polar surface area (TPSA) is 121 Å². The first kappa shape index (κ1) is 30.1. The molecule has 0 unspecified atom stereocenters. The number of pyridine rings is 1. The minimum absolute atomic E-state index is 0.0190. The van der Waals surface area contributed by atoms with Crippen LogP contribution in [0.1, 0.15) is 5.56 Å². The highest BCUT2D eigenvalue weighted by atomic mass is 19.4. The van der Waals surface area contributed by atoms with Crippen LogP contribution in [0.3, 0.4) is 0 Å². The predicted molar refractivity (Wildman–Crippen MR) is 150 cm³/mol. The third-order valence-corrected chi connectivity index (χ3v) is 5.65. The van der Waals surface area contributed by atoms with Gasteiger partial charge in [-0.15, -0.1) is 0 Å². The van der Waals surface area contributed by atoms with Crippen molar-refractivity contribution in [2.45, 2.75) is 6.18 Å². The number of nitrogens with zero attached hydrogens (tertiary/aromatic N) is 6. The molecule has 1 aromatic carbocycles. The van der Waals surface area contributed by atoms with Gasteiger partial charge >= 0.3 is 6.18 Å². The molecule has 2 aromatic rings. The van der Waals surface area contributed by atoms with Crippen molar-refractivity contribution >= 4 is 34.4 Å². The summed E-state index contributed by atoms with van der Waals surface area (Å²) in [6.45, 7) is 9.19. The average molecular weight is 562 g/mol. The summed E-state index contributed by atoms with van der Waals surface area (Å²) < 4.78 is 59.9. The zero-order chi connectivity index (χ0) is 29.4. The van der Waals surface area contributed by atoms with Crippen LogP contribution in [0.2, 0.25) is 0 Å². The maximum absolute atomic E-state index is 14.5. The molecule has 0 saturated carbocycles. The molecule has 0 aliphatic carbocycles. The number of morpholine rings is 1. The molecule has 1 fully saturated rings. The molecular formula is C26H31F4N9O. The van der Waals surface area contributed by atoms with Crippen LogP contribution >= 0.6 is 0 Å². The second-order valence-corrected chi connectivity index (χ2v) is 8.72. The quantitative estimate of drug-likeness (QED) is 0.137. The lowest BCUT2D eigenvalue weighted by Gasteiger charge is -2.29. The largest absolute Gasteiger partial charge is 0.416 e. The standard InChI is InChI=1S/C26H31F4N9O/c1-5-23(17(2)34-25(22(27)15-31)38-8-10-40-11-9-38)36-39(32)24-7-6-19(16-33-24)35-20-12-18(26(28,29)30)13-21(14-20)37(3)4/h5-7,12-16,35H,1-2,8-11,31-32H2,3-4H3/b22-15+,34-25+,36-23+. The van der Waals surface area contributed by atoms with E-state index in [1.165, 1.54) is 18.3 Å². The number of allylic oxidation sites excluding steroid dienone is 1. The lowest BCUT2D eigenvalue weighted by atomic mass is 10.1. The Morgan fingerprint density at radius 2 is 1.88 bits per heavy atom. The van der Waals surface area contributed by atoms with E-state index >= 15 is 0 Å². The molecule has 0 atom stereocenters. The Labute approximate surface area is 229 Å². The van der Waals surface area contributed by atoms with Crippen LogP contribution in [0, 0.1) is 0 Å². The van der Waals surface area contributed by atoms with Crippen LogP contribution in [0.4, 0.5) is 40.4 Å². The number of amidine groups is 1. The van der Waals surface area contributed by atoms with Gasteiger partial charge in [0.15, 0.2) is 17.5 Å². The summed E-state index contributed by atoms with van der Waals surface area (Å²) in [6.07, 6.45) is -0.964. The third kappa shape index (κ3) is 7.80. The van der Waals surface area contributed by atoms with Crippen molar-refractivity contribution in [2.75, 3.05) is 55.7 Å². The molecule has 1 aliphatic rings. The van der Waals surface area contributed by atoms with Crippen LogP contribution in [0.5, 0.6) is 0 Å². The number of nitrogens with two attached hydrogens (primary N) is 2. The second-order valence-electron chi connectivity index (χ2n) is 8.72. The van der Waals surface area contributed by atoms with Gasteiger partial charge in [0.2, 0.25) is 0 Å². The summed E-state index contributed by atoms with van der Waals surface area (Å²) in [5.74, 6) is 5.49. The summed E-state index contributed by atoms with van der Waals surface area (Å²) in [5, 5.41) is 8.07. The number of benzene rings is 1. The van der Waals surface area contributed by atoms with Gasteiger partial charge in [-0.1, -0.05) is 13.2 Å². The number of alkyl halides is 3. The Balaban J connectivity index is 1.80. The Kier molecular flexibility index (Phi) is 9.85. The average Bonchev–Trinajstić information content (AvgIpc) is 2.94. The number of halogens is 4. The van der Waals surface area contributed by atoms with E-state index in [9.17, 15) is 17.6 Å². The van der Waals surface area contributed by atoms with Crippen LogP contribution in [-0.2, 0) is 10.9 Å². The summed E-state index contributed by atoms with van der Waals surface area (Å²) in [6, 6.07) is 6.74. The molecule has 0 bridgehead atoms. The molecule has 40 heavy (non-hydrogen) atoms. The lowest BCUT2D eigenvalue weighted by molar-refractivity contribution is -0.137. The smallest absolute Gasteiger partial charge is 0.402 e. The van der Waals surface area contributed by atoms with Gasteiger partial charge in [0.1, 0.15) is 5.71 Å². The fourth-order valence-corrected chi connectivity index (χ4v) is 3.56. The predicted octanol–water partition coefficient (Wildman–Crippen LogP) is 4.15. The van der Waals surface area contributed by atoms with E-state index in [1.54, 1.807) is 36.0 Å². The minimum Gasteiger partial charge on any atom is -0.402 e. The molecule has 1 aromatic heterocycles. The summed E-state index contributed by atoms with van der Waals surface area (Å²) >= 11 is 0. The fraction of sp³-hybridized carbons (Fsp3) is 0.269. The Hall–Kier alpha value is -4.43. The van der Waals surface area contributed by atoms with Crippen molar-refractivity contribution in [3.05, 3.63) is 79.0 Å². The van der Waals surface area contributed by atoms with E-state index in [4.69, 9.17) is 16.3 Å². The normalized spacial score (nSPS) is 15.1. The molecule has 214 valence electrons. The molecule has 5 N–H and O–H groups in total. The lowest BCUT2D eigenvalue weighted by Crippen LogP contribution is -2.41. The van der Waals surface area contributed by atoms with Gasteiger partial charge in [-0.3, -0.25) is 0 Å². The highest BCUT2D eigenvalue weighted by Crippen LogP contribution is 2.35. The van der Waals surface area contributed by atoms with Crippen molar-refractivity contribution in [3.8, 4) is 0 Å². The molecular weight excluding hydrogens is 530 g/mol. The van der Waals surface area contributed by atoms with Crippen LogP contribution in [-0.4, -0.2) is 61.8 Å². The van der Waals surface area contributed by atoms with Crippen molar-refractivity contribution in [1.82, 2.24) is 9.88 Å². The van der Waals surface area contributed by atoms with Gasteiger partial charge in [0.25, 0.3) is 0 Å². The highest BCUT2D eigenvalue weighted by Gasteiger charge is 2.31. The number of rotatable bonds is 9. The number of ether oxygens (including phenoxy) is 1. The zero-order valence-electron chi connectivity index (χ0n) is 22.1. The summed E-state index contributed by atoms with van der Waals surface area (Å²) in [7, 11) is 3.30. The second kappa shape index (κ2) is 13.1. The molecule has 10 nitrogen and oxygen atoms in total. The van der Waals surface area contributed by atoms with Crippen LogP contribution in [0.15, 0.2) is 83.6 Å². The Morgan fingerprint density at radius 1 is 1.18 bits per heavy atom. The van der Waals surface area contributed by atoms with Gasteiger partial charge in [0.05, 0.1) is 36.4 Å². The zero-order valence-corrected chi connectivity index (χ0v) is 22.1. The molecule has 0 spiro atoms. The number of hydrogen-bond acceptors (Lipinski definition) is 9. The molecule has 3 rings (SSSR count). The van der Waals surface area contributed by atoms with Crippen LogP contribution in [0.25, 0.3) is 0 Å². The molecule has 2 heterocycles. The van der Waals surface area contributed by atoms with E-state index < -0.39 is 17.6 Å². The van der Waals surface area contributed by atoms with Gasteiger partial charge in [-0.05, 0) is 36.4 Å². The number of aliphatic imine (C=N–C) groups is 1. The number of hydrazone groups is 1. The number of anilines is 4. The number of nitrogens with one attached hydrogen (secondary N) is 1. The number of aromatic nitrogens is 1. The number of hydrazine groups is 1. The maximum Gasteiger partial charge on any atom is 0.416 e.